The van der Waals surface area contributed by atoms with E-state index in [0.717, 1.165) is 19.3 Å². The molecule has 0 bridgehead atoms. The van der Waals surface area contributed by atoms with Gasteiger partial charge in [0, 0.05) is 11.4 Å². The van der Waals surface area contributed by atoms with Gasteiger partial charge in [-0.3, -0.25) is 13.9 Å². The Kier molecular flexibility index (Phi) is 4.69. The molecule has 0 spiro atoms. The van der Waals surface area contributed by atoms with E-state index in [1.165, 1.54) is 4.68 Å². The molecule has 31 heavy (non-hydrogen) atoms. The Morgan fingerprint density at radius 2 is 1.87 bits per heavy atom. The van der Waals surface area contributed by atoms with E-state index in [4.69, 9.17) is 0 Å². The molecule has 0 saturated heterocycles. The maximum atomic E-state index is 13.6. The molecule has 2 heterocycles. The van der Waals surface area contributed by atoms with E-state index in [0.29, 0.717) is 22.5 Å². The molecule has 0 amide bonds. The van der Waals surface area contributed by atoms with Crippen molar-refractivity contribution in [3.63, 3.8) is 0 Å². The van der Waals surface area contributed by atoms with Gasteiger partial charge in [0.25, 0.3) is 5.56 Å². The Labute approximate surface area is 180 Å². The van der Waals surface area contributed by atoms with Crippen molar-refractivity contribution < 1.29 is 14.2 Å². The minimum atomic E-state index is -3.52. The normalized spacial score (nSPS) is 23.0. The number of rotatable bonds is 3. The number of nitrogens with zero attached hydrogens (tertiary/aromatic N) is 2. The molecule has 2 unspecified atom stereocenters. The number of amidine groups is 1. The van der Waals surface area contributed by atoms with Gasteiger partial charge >= 0.3 is 0 Å². The van der Waals surface area contributed by atoms with Gasteiger partial charge in [-0.05, 0) is 49.4 Å². The minimum Gasteiger partial charge on any atom is -0.506 e. The van der Waals surface area contributed by atoms with Crippen molar-refractivity contribution in [3.8, 4) is 5.75 Å². The second-order valence-corrected chi connectivity index (χ2v) is 9.87. The van der Waals surface area contributed by atoms with Crippen molar-refractivity contribution in [2.45, 2.75) is 37.1 Å². The SMILES string of the molecule is CC1CCC(Nn2c(=O)c(C3=NS(O)(O)c4ccccc4N3)c(O)c3ccccc32)C1. The van der Waals surface area contributed by atoms with Gasteiger partial charge < -0.3 is 15.8 Å². The number of hydrogen-bond donors (Lipinski definition) is 5. The average molecular weight is 441 g/mol. The predicted molar refractivity (Wildman–Crippen MR) is 124 cm³/mol. The van der Waals surface area contributed by atoms with E-state index in [-0.39, 0.29) is 28.1 Å². The molecule has 2 atom stereocenters. The summed E-state index contributed by atoms with van der Waals surface area (Å²) in [7, 11) is -3.52. The molecule has 2 aromatic carbocycles. The first-order chi connectivity index (χ1) is 14.8. The summed E-state index contributed by atoms with van der Waals surface area (Å²) in [6.07, 6.45) is 2.98. The summed E-state index contributed by atoms with van der Waals surface area (Å²) in [5.74, 6) is 0.256. The summed E-state index contributed by atoms with van der Waals surface area (Å²) >= 11 is 0. The van der Waals surface area contributed by atoms with E-state index in [2.05, 4.69) is 22.1 Å². The highest BCUT2D eigenvalue weighted by molar-refractivity contribution is 8.23. The molecule has 3 aromatic rings. The maximum absolute atomic E-state index is 13.6. The van der Waals surface area contributed by atoms with Crippen LogP contribution in [-0.4, -0.2) is 30.8 Å². The van der Waals surface area contributed by atoms with Crippen LogP contribution in [0.1, 0.15) is 31.7 Å². The van der Waals surface area contributed by atoms with Gasteiger partial charge in [-0.2, -0.15) is 0 Å². The quantitative estimate of drug-likeness (QED) is 0.413. The van der Waals surface area contributed by atoms with Crippen molar-refractivity contribution in [1.82, 2.24) is 4.68 Å². The lowest BCUT2D eigenvalue weighted by molar-refractivity contribution is 0.477. The zero-order valence-electron chi connectivity index (χ0n) is 16.9. The van der Waals surface area contributed by atoms with Crippen LogP contribution in [0.15, 0.2) is 62.6 Å². The number of benzene rings is 2. The Morgan fingerprint density at radius 1 is 1.13 bits per heavy atom. The molecule has 1 saturated carbocycles. The predicted octanol–water partition coefficient (Wildman–Crippen LogP) is 4.34. The molecule has 1 aromatic heterocycles. The first-order valence-corrected chi connectivity index (χ1v) is 11.7. The monoisotopic (exact) mass is 440 g/mol. The molecule has 5 rings (SSSR count). The van der Waals surface area contributed by atoms with Crippen LogP contribution in [0.25, 0.3) is 10.9 Å². The molecule has 5 N–H and O–H groups in total. The zero-order valence-corrected chi connectivity index (χ0v) is 17.8. The van der Waals surface area contributed by atoms with Gasteiger partial charge in [0.15, 0.2) is 5.84 Å². The summed E-state index contributed by atoms with van der Waals surface area (Å²) in [5.41, 5.74) is 3.70. The number of aromatic hydroxyl groups is 1. The van der Waals surface area contributed by atoms with E-state index in [9.17, 15) is 19.0 Å². The number of nitrogens with one attached hydrogen (secondary N) is 2. The fraction of sp³-hybridized carbons (Fsp3) is 0.273. The maximum Gasteiger partial charge on any atom is 0.284 e. The number of hydrogen-bond acceptors (Lipinski definition) is 7. The van der Waals surface area contributed by atoms with Crippen LogP contribution in [0.3, 0.4) is 0 Å². The molecule has 1 aliphatic heterocycles. The lowest BCUT2D eigenvalue weighted by Crippen LogP contribution is -2.39. The lowest BCUT2D eigenvalue weighted by atomic mass is 10.1. The van der Waals surface area contributed by atoms with Gasteiger partial charge in [0.1, 0.15) is 16.2 Å². The highest BCUT2D eigenvalue weighted by Crippen LogP contribution is 2.55. The van der Waals surface area contributed by atoms with E-state index in [1.807, 2.05) is 0 Å². The smallest absolute Gasteiger partial charge is 0.284 e. The van der Waals surface area contributed by atoms with E-state index >= 15 is 0 Å². The summed E-state index contributed by atoms with van der Waals surface area (Å²) in [5, 5.41) is 14.5. The fourth-order valence-electron chi connectivity index (χ4n) is 4.42. The van der Waals surface area contributed by atoms with Crippen LogP contribution in [-0.2, 0) is 0 Å². The molecule has 162 valence electrons. The molecule has 9 heteroatoms. The van der Waals surface area contributed by atoms with Crippen LogP contribution in [0.2, 0.25) is 0 Å². The zero-order chi connectivity index (χ0) is 21.8. The van der Waals surface area contributed by atoms with Crippen LogP contribution in [0.5, 0.6) is 5.75 Å². The number of aromatic nitrogens is 1. The topological polar surface area (TPSA) is 119 Å². The van der Waals surface area contributed by atoms with Gasteiger partial charge in [0.05, 0.1) is 11.2 Å². The Bertz CT molecular complexity index is 1270. The third-order valence-corrected chi connectivity index (χ3v) is 7.33. The molecular formula is C22H24N4O4S. The number of anilines is 1. The van der Waals surface area contributed by atoms with Crippen molar-refractivity contribution in [2.24, 2.45) is 10.3 Å². The van der Waals surface area contributed by atoms with E-state index < -0.39 is 16.3 Å². The van der Waals surface area contributed by atoms with Crippen molar-refractivity contribution in [3.05, 3.63) is 64.4 Å². The van der Waals surface area contributed by atoms with Gasteiger partial charge in [-0.1, -0.05) is 42.0 Å². The number of para-hydroxylation sites is 2. The third-order valence-electron chi connectivity index (χ3n) is 5.95. The van der Waals surface area contributed by atoms with Crippen LogP contribution in [0, 0.1) is 5.92 Å². The molecule has 1 fully saturated rings. The number of fused-ring (bicyclic) bond motifs is 2. The van der Waals surface area contributed by atoms with Gasteiger partial charge in [-0.25, -0.2) is 4.68 Å². The summed E-state index contributed by atoms with van der Waals surface area (Å²) in [4.78, 5) is 13.8. The highest BCUT2D eigenvalue weighted by Gasteiger charge is 2.31. The second-order valence-electron chi connectivity index (χ2n) is 8.21. The third kappa shape index (κ3) is 3.34. The van der Waals surface area contributed by atoms with Crippen molar-refractivity contribution in [1.29, 1.82) is 0 Å². The fourth-order valence-corrected chi connectivity index (χ4v) is 5.58. The first kappa shape index (κ1) is 19.9. The van der Waals surface area contributed by atoms with Crippen LogP contribution in [0.4, 0.5) is 5.69 Å². The largest absolute Gasteiger partial charge is 0.506 e. The Hall–Kier alpha value is -3.01. The van der Waals surface area contributed by atoms with Crippen molar-refractivity contribution in [2.75, 3.05) is 10.7 Å². The summed E-state index contributed by atoms with van der Waals surface area (Å²) in [6, 6.07) is 13.9. The highest BCUT2D eigenvalue weighted by atomic mass is 32.3. The number of pyridine rings is 1. The molecule has 2 aliphatic rings. The van der Waals surface area contributed by atoms with Crippen molar-refractivity contribution >= 4 is 33.2 Å². The molecule has 0 radical (unpaired) electrons. The average Bonchev–Trinajstić information content (AvgIpc) is 3.16. The second kappa shape index (κ2) is 7.30. The Balaban J connectivity index is 1.70. The summed E-state index contributed by atoms with van der Waals surface area (Å²) < 4.78 is 26.7. The molecule has 8 nitrogen and oxygen atoms in total. The van der Waals surface area contributed by atoms with Gasteiger partial charge in [-0.15, -0.1) is 4.40 Å². The molecule has 1 aliphatic carbocycles. The summed E-state index contributed by atoms with van der Waals surface area (Å²) in [6.45, 7) is 2.19. The van der Waals surface area contributed by atoms with Crippen LogP contribution < -0.4 is 16.3 Å². The minimum absolute atomic E-state index is 0.0673. The Morgan fingerprint density at radius 3 is 2.65 bits per heavy atom. The standard InChI is InChI=1S/C22H24N4O4S/c1-13-10-11-14(12-13)24-26-17-8-4-2-6-15(17)20(27)19(22(26)28)21-23-16-7-3-5-9-18(16)31(29,30)25-21/h2-9,13-14,24,27,29-30H,10-12H2,1H3,(H,23,25). The molecular weight excluding hydrogens is 416 g/mol. The van der Waals surface area contributed by atoms with E-state index in [1.54, 1.807) is 48.5 Å². The van der Waals surface area contributed by atoms with Crippen LogP contribution >= 0.6 is 10.8 Å². The van der Waals surface area contributed by atoms with Gasteiger partial charge in [0.2, 0.25) is 0 Å². The lowest BCUT2D eigenvalue weighted by Gasteiger charge is -2.34. The first-order valence-electron chi connectivity index (χ1n) is 10.2.